The van der Waals surface area contributed by atoms with Crippen molar-refractivity contribution in [3.63, 3.8) is 0 Å². The van der Waals surface area contributed by atoms with Gasteiger partial charge in [0.2, 0.25) is 0 Å². The number of ether oxygens (including phenoxy) is 2. The SMILES string of the molecule is COC(=O)CNCC(=O)OCC(C)=O. The number of hydrogen-bond donors (Lipinski definition) is 1. The molecule has 6 heteroatoms. The average molecular weight is 203 g/mol. The molecule has 0 aliphatic heterocycles. The van der Waals surface area contributed by atoms with Crippen molar-refractivity contribution in [2.75, 3.05) is 26.8 Å². The third kappa shape index (κ3) is 7.23. The summed E-state index contributed by atoms with van der Waals surface area (Å²) in [6.45, 7) is 0.891. The smallest absolute Gasteiger partial charge is 0.320 e. The van der Waals surface area contributed by atoms with Gasteiger partial charge in [-0.1, -0.05) is 0 Å². The van der Waals surface area contributed by atoms with Gasteiger partial charge in [0.25, 0.3) is 0 Å². The fourth-order valence-electron chi connectivity index (χ4n) is 0.572. The molecule has 0 bridgehead atoms. The van der Waals surface area contributed by atoms with E-state index in [-0.39, 0.29) is 25.5 Å². The molecule has 14 heavy (non-hydrogen) atoms. The molecule has 1 N–H and O–H groups in total. The van der Waals surface area contributed by atoms with Crippen molar-refractivity contribution in [3.8, 4) is 0 Å². The van der Waals surface area contributed by atoms with Gasteiger partial charge in [0.1, 0.15) is 6.61 Å². The van der Waals surface area contributed by atoms with Gasteiger partial charge < -0.3 is 9.47 Å². The van der Waals surface area contributed by atoms with Crippen LogP contribution in [0.15, 0.2) is 0 Å². The summed E-state index contributed by atoms with van der Waals surface area (Å²) >= 11 is 0. The van der Waals surface area contributed by atoms with E-state index in [0.29, 0.717) is 0 Å². The topological polar surface area (TPSA) is 81.7 Å². The van der Waals surface area contributed by atoms with Crippen molar-refractivity contribution in [2.24, 2.45) is 0 Å². The Hall–Kier alpha value is -1.43. The molecular weight excluding hydrogens is 190 g/mol. The monoisotopic (exact) mass is 203 g/mol. The Morgan fingerprint density at radius 3 is 2.21 bits per heavy atom. The molecule has 0 aromatic carbocycles. The largest absolute Gasteiger partial charge is 0.468 e. The molecule has 0 saturated heterocycles. The first-order valence-corrected chi connectivity index (χ1v) is 3.99. The molecule has 0 saturated carbocycles. The van der Waals surface area contributed by atoms with Gasteiger partial charge in [0, 0.05) is 0 Å². The Morgan fingerprint density at radius 2 is 1.71 bits per heavy atom. The summed E-state index contributed by atoms with van der Waals surface area (Å²) in [7, 11) is 1.25. The van der Waals surface area contributed by atoms with E-state index < -0.39 is 11.9 Å². The van der Waals surface area contributed by atoms with Crippen molar-refractivity contribution in [2.45, 2.75) is 6.92 Å². The zero-order valence-corrected chi connectivity index (χ0v) is 8.16. The Balaban J connectivity index is 3.45. The summed E-state index contributed by atoms with van der Waals surface area (Å²) < 4.78 is 8.84. The van der Waals surface area contributed by atoms with Crippen LogP contribution >= 0.6 is 0 Å². The molecule has 0 aliphatic rings. The van der Waals surface area contributed by atoms with Crippen molar-refractivity contribution < 1.29 is 23.9 Å². The van der Waals surface area contributed by atoms with Crippen LogP contribution in [0, 0.1) is 0 Å². The quantitative estimate of drug-likeness (QED) is 0.551. The van der Waals surface area contributed by atoms with Crippen LogP contribution in [-0.2, 0) is 23.9 Å². The van der Waals surface area contributed by atoms with Crippen LogP contribution in [0.3, 0.4) is 0 Å². The Morgan fingerprint density at radius 1 is 1.14 bits per heavy atom. The van der Waals surface area contributed by atoms with E-state index >= 15 is 0 Å². The molecule has 0 amide bonds. The summed E-state index contributed by atoms with van der Waals surface area (Å²) in [4.78, 5) is 31.8. The zero-order valence-electron chi connectivity index (χ0n) is 8.16. The summed E-state index contributed by atoms with van der Waals surface area (Å²) in [6.07, 6.45) is 0. The summed E-state index contributed by atoms with van der Waals surface area (Å²) in [5.41, 5.74) is 0. The Bertz CT molecular complexity index is 226. The van der Waals surface area contributed by atoms with E-state index in [1.165, 1.54) is 14.0 Å². The molecular formula is C8H13NO5. The maximum Gasteiger partial charge on any atom is 0.320 e. The third-order valence-electron chi connectivity index (χ3n) is 1.20. The second-order valence-electron chi connectivity index (χ2n) is 2.54. The maximum atomic E-state index is 10.8. The lowest BCUT2D eigenvalue weighted by Gasteiger charge is -2.03. The second-order valence-corrected chi connectivity index (χ2v) is 2.54. The number of esters is 2. The van der Waals surface area contributed by atoms with Crippen LogP contribution in [0.25, 0.3) is 0 Å². The number of ketones is 1. The van der Waals surface area contributed by atoms with Gasteiger partial charge in [-0.25, -0.2) is 0 Å². The standard InChI is InChI=1S/C8H13NO5/c1-6(10)5-14-8(12)4-9-3-7(11)13-2/h9H,3-5H2,1-2H3. The molecule has 0 aromatic heterocycles. The van der Waals surface area contributed by atoms with E-state index in [0.717, 1.165) is 0 Å². The van der Waals surface area contributed by atoms with Crippen molar-refractivity contribution >= 4 is 17.7 Å². The van der Waals surface area contributed by atoms with Crippen LogP contribution in [-0.4, -0.2) is 44.5 Å². The van der Waals surface area contributed by atoms with Crippen LogP contribution < -0.4 is 5.32 Å². The van der Waals surface area contributed by atoms with Gasteiger partial charge >= 0.3 is 11.9 Å². The van der Waals surface area contributed by atoms with Gasteiger partial charge in [-0.3, -0.25) is 19.7 Å². The summed E-state index contributed by atoms with van der Waals surface area (Å²) in [5, 5.41) is 2.50. The van der Waals surface area contributed by atoms with Crippen molar-refractivity contribution in [1.29, 1.82) is 0 Å². The van der Waals surface area contributed by atoms with Gasteiger partial charge in [-0.2, -0.15) is 0 Å². The molecule has 80 valence electrons. The summed E-state index contributed by atoms with van der Waals surface area (Å²) in [6, 6.07) is 0. The first-order chi connectivity index (χ1) is 6.56. The fraction of sp³-hybridized carbons (Fsp3) is 0.625. The van der Waals surface area contributed by atoms with Crippen LogP contribution in [0.1, 0.15) is 6.92 Å². The third-order valence-corrected chi connectivity index (χ3v) is 1.20. The Kier molecular flexibility index (Phi) is 6.30. The number of rotatable bonds is 6. The van der Waals surface area contributed by atoms with Crippen LogP contribution in [0.2, 0.25) is 0 Å². The predicted molar refractivity (Wildman–Crippen MR) is 46.5 cm³/mol. The molecule has 0 aliphatic carbocycles. The lowest BCUT2D eigenvalue weighted by atomic mass is 10.5. The van der Waals surface area contributed by atoms with Gasteiger partial charge in [0.05, 0.1) is 20.2 Å². The number of carbonyl (C=O) groups excluding carboxylic acids is 3. The second kappa shape index (κ2) is 7.02. The van der Waals surface area contributed by atoms with E-state index in [2.05, 4.69) is 14.8 Å². The van der Waals surface area contributed by atoms with Gasteiger partial charge in [0.15, 0.2) is 5.78 Å². The lowest BCUT2D eigenvalue weighted by Crippen LogP contribution is -2.30. The highest BCUT2D eigenvalue weighted by molar-refractivity contribution is 5.81. The molecule has 0 fully saturated rings. The molecule has 0 radical (unpaired) electrons. The molecule has 0 spiro atoms. The van der Waals surface area contributed by atoms with Gasteiger partial charge in [-0.05, 0) is 6.92 Å². The molecule has 6 nitrogen and oxygen atoms in total. The number of methoxy groups -OCH3 is 1. The first-order valence-electron chi connectivity index (χ1n) is 3.99. The van der Waals surface area contributed by atoms with Crippen LogP contribution in [0.4, 0.5) is 0 Å². The molecule has 0 heterocycles. The molecule has 0 atom stereocenters. The molecule has 0 aromatic rings. The maximum absolute atomic E-state index is 10.8. The minimum absolute atomic E-state index is 0.0638. The van der Waals surface area contributed by atoms with Crippen molar-refractivity contribution in [1.82, 2.24) is 5.32 Å². The molecule has 0 unspecified atom stereocenters. The highest BCUT2D eigenvalue weighted by atomic mass is 16.5. The number of nitrogens with one attached hydrogen (secondary N) is 1. The summed E-state index contributed by atoms with van der Waals surface area (Å²) in [5.74, 6) is -1.28. The minimum atomic E-state index is -0.580. The van der Waals surface area contributed by atoms with E-state index in [4.69, 9.17) is 0 Å². The van der Waals surface area contributed by atoms with E-state index in [1.807, 2.05) is 0 Å². The lowest BCUT2D eigenvalue weighted by molar-refractivity contribution is -0.146. The average Bonchev–Trinajstić information content (AvgIpc) is 2.14. The van der Waals surface area contributed by atoms with Crippen molar-refractivity contribution in [3.05, 3.63) is 0 Å². The number of carbonyl (C=O) groups is 3. The highest BCUT2D eigenvalue weighted by Gasteiger charge is 2.05. The van der Waals surface area contributed by atoms with Crippen LogP contribution in [0.5, 0.6) is 0 Å². The molecule has 0 rings (SSSR count). The van der Waals surface area contributed by atoms with E-state index in [9.17, 15) is 14.4 Å². The predicted octanol–water partition coefficient (Wildman–Crippen LogP) is -1.12. The zero-order chi connectivity index (χ0) is 11.0. The highest BCUT2D eigenvalue weighted by Crippen LogP contribution is 1.78. The fourth-order valence-corrected chi connectivity index (χ4v) is 0.572. The number of hydrogen-bond acceptors (Lipinski definition) is 6. The Labute approximate surface area is 81.6 Å². The minimum Gasteiger partial charge on any atom is -0.468 e. The van der Waals surface area contributed by atoms with E-state index in [1.54, 1.807) is 0 Å². The number of Topliss-reactive ketones (excluding diaryl/α,β-unsaturated/α-hetero) is 1. The van der Waals surface area contributed by atoms with Gasteiger partial charge in [-0.15, -0.1) is 0 Å². The normalized spacial score (nSPS) is 9.29. The first kappa shape index (κ1) is 12.6.